The third-order valence-corrected chi connectivity index (χ3v) is 4.56. The normalized spacial score (nSPS) is 16.7. The number of para-hydroxylation sites is 1. The molecule has 1 aliphatic rings. The first kappa shape index (κ1) is 13.1. The second-order valence-electron chi connectivity index (χ2n) is 5.93. The predicted octanol–water partition coefficient (Wildman–Crippen LogP) is 3.89. The number of benzene rings is 2. The first-order chi connectivity index (χ1) is 10.7. The molecule has 0 saturated carbocycles. The van der Waals surface area contributed by atoms with Crippen molar-refractivity contribution in [1.29, 1.82) is 0 Å². The molecule has 2 aromatic carbocycles. The van der Waals surface area contributed by atoms with Gasteiger partial charge in [-0.05, 0) is 37.0 Å². The lowest BCUT2D eigenvalue weighted by Crippen LogP contribution is -2.27. The van der Waals surface area contributed by atoms with Crippen LogP contribution in [0.15, 0.2) is 48.5 Å². The van der Waals surface area contributed by atoms with Gasteiger partial charge in [0.05, 0.1) is 11.6 Å². The summed E-state index contributed by atoms with van der Waals surface area (Å²) in [6.07, 6.45) is 2.01. The third-order valence-electron chi connectivity index (χ3n) is 4.56. The van der Waals surface area contributed by atoms with Crippen LogP contribution in [0.2, 0.25) is 0 Å². The van der Waals surface area contributed by atoms with Gasteiger partial charge in [-0.15, -0.1) is 0 Å². The second kappa shape index (κ2) is 5.02. The molecule has 2 N–H and O–H groups in total. The summed E-state index contributed by atoms with van der Waals surface area (Å²) >= 11 is 0. The molecule has 0 spiro atoms. The number of H-pyrrole nitrogens is 1. The minimum atomic E-state index is 0.0108. The molecule has 3 aromatic rings. The van der Waals surface area contributed by atoms with Gasteiger partial charge in [-0.2, -0.15) is 0 Å². The molecule has 0 fully saturated rings. The van der Waals surface area contributed by atoms with E-state index in [0.29, 0.717) is 0 Å². The van der Waals surface area contributed by atoms with E-state index >= 15 is 0 Å². The fraction of sp³-hybridized carbons (Fsp3) is 0.211. The number of carbonyl (C=O) groups excluding carboxylic acids is 1. The van der Waals surface area contributed by atoms with E-state index in [1.807, 2.05) is 37.3 Å². The van der Waals surface area contributed by atoms with E-state index in [0.717, 1.165) is 35.0 Å². The van der Waals surface area contributed by atoms with Crippen LogP contribution >= 0.6 is 0 Å². The lowest BCUT2D eigenvalue weighted by molar-refractivity contribution is 0.0938. The molecule has 0 saturated heterocycles. The van der Waals surface area contributed by atoms with Gasteiger partial charge in [-0.25, -0.2) is 0 Å². The van der Waals surface area contributed by atoms with Crippen LogP contribution in [-0.4, -0.2) is 10.9 Å². The van der Waals surface area contributed by atoms with Gasteiger partial charge in [0, 0.05) is 16.6 Å². The average molecular weight is 290 g/mol. The fourth-order valence-electron chi connectivity index (χ4n) is 3.51. The molecule has 1 atom stereocenters. The van der Waals surface area contributed by atoms with Crippen molar-refractivity contribution in [3.8, 4) is 0 Å². The summed E-state index contributed by atoms with van der Waals surface area (Å²) in [5, 5.41) is 4.20. The zero-order chi connectivity index (χ0) is 15.1. The Balaban J connectivity index is 1.67. The molecule has 1 aliphatic carbocycles. The van der Waals surface area contributed by atoms with Crippen LogP contribution in [0.5, 0.6) is 0 Å². The Morgan fingerprint density at radius 3 is 2.82 bits per heavy atom. The minimum Gasteiger partial charge on any atom is -0.358 e. The van der Waals surface area contributed by atoms with Crippen molar-refractivity contribution in [2.75, 3.05) is 0 Å². The lowest BCUT2D eigenvalue weighted by atomic mass is 10.1. The molecule has 4 rings (SSSR count). The van der Waals surface area contributed by atoms with Crippen LogP contribution in [0, 0.1) is 6.92 Å². The Morgan fingerprint density at radius 1 is 1.14 bits per heavy atom. The Kier molecular flexibility index (Phi) is 3.00. The molecule has 3 nitrogen and oxygen atoms in total. The standard InChI is InChI=1S/C19H18N2O/c1-12-18(15-8-4-5-9-16(15)20-12)19(22)21-17-11-10-13-6-2-3-7-14(13)17/h2-9,17,20H,10-11H2,1H3,(H,21,22). The van der Waals surface area contributed by atoms with Crippen molar-refractivity contribution in [1.82, 2.24) is 10.3 Å². The van der Waals surface area contributed by atoms with E-state index in [-0.39, 0.29) is 11.9 Å². The Bertz CT molecular complexity index is 863. The van der Waals surface area contributed by atoms with Crippen LogP contribution in [0.25, 0.3) is 10.9 Å². The SMILES string of the molecule is Cc1[nH]c2ccccc2c1C(=O)NC1CCc2ccccc21. The highest BCUT2D eigenvalue weighted by Crippen LogP contribution is 2.31. The summed E-state index contributed by atoms with van der Waals surface area (Å²) in [7, 11) is 0. The van der Waals surface area contributed by atoms with Gasteiger partial charge in [0.15, 0.2) is 0 Å². The second-order valence-corrected chi connectivity index (χ2v) is 5.93. The van der Waals surface area contributed by atoms with E-state index in [4.69, 9.17) is 0 Å². The molecule has 3 heteroatoms. The molecule has 0 radical (unpaired) electrons. The topological polar surface area (TPSA) is 44.9 Å². The third kappa shape index (κ3) is 2.01. The summed E-state index contributed by atoms with van der Waals surface area (Å²) in [5.74, 6) is 0.0108. The number of aromatic amines is 1. The van der Waals surface area contributed by atoms with E-state index in [1.54, 1.807) is 0 Å². The van der Waals surface area contributed by atoms with E-state index in [2.05, 4.69) is 28.5 Å². The largest absolute Gasteiger partial charge is 0.358 e. The number of carbonyl (C=O) groups is 1. The molecule has 1 unspecified atom stereocenters. The first-order valence-electron chi connectivity index (χ1n) is 7.70. The molecule has 0 bridgehead atoms. The van der Waals surface area contributed by atoms with Crippen molar-refractivity contribution in [2.45, 2.75) is 25.8 Å². The van der Waals surface area contributed by atoms with Crippen molar-refractivity contribution in [3.05, 3.63) is 70.9 Å². The maximum Gasteiger partial charge on any atom is 0.254 e. The molecular weight excluding hydrogens is 272 g/mol. The van der Waals surface area contributed by atoms with Gasteiger partial charge in [0.1, 0.15) is 0 Å². The molecule has 22 heavy (non-hydrogen) atoms. The lowest BCUT2D eigenvalue weighted by Gasteiger charge is -2.14. The zero-order valence-corrected chi connectivity index (χ0v) is 12.5. The summed E-state index contributed by atoms with van der Waals surface area (Å²) in [6, 6.07) is 16.4. The smallest absolute Gasteiger partial charge is 0.254 e. The predicted molar refractivity (Wildman–Crippen MR) is 88.0 cm³/mol. The quantitative estimate of drug-likeness (QED) is 0.739. The first-order valence-corrected chi connectivity index (χ1v) is 7.70. The molecule has 1 heterocycles. The monoisotopic (exact) mass is 290 g/mol. The van der Waals surface area contributed by atoms with Gasteiger partial charge >= 0.3 is 0 Å². The highest BCUT2D eigenvalue weighted by atomic mass is 16.1. The number of fused-ring (bicyclic) bond motifs is 2. The molecule has 1 aromatic heterocycles. The number of rotatable bonds is 2. The van der Waals surface area contributed by atoms with Crippen LogP contribution in [0.4, 0.5) is 0 Å². The number of nitrogens with one attached hydrogen (secondary N) is 2. The van der Waals surface area contributed by atoms with Crippen LogP contribution in [0.1, 0.15) is 39.6 Å². The van der Waals surface area contributed by atoms with E-state index < -0.39 is 0 Å². The number of aryl methyl sites for hydroxylation is 2. The molecule has 0 aliphatic heterocycles. The molecule has 1 amide bonds. The Hall–Kier alpha value is -2.55. The van der Waals surface area contributed by atoms with Gasteiger partial charge in [0.25, 0.3) is 5.91 Å². The highest BCUT2D eigenvalue weighted by Gasteiger charge is 2.25. The van der Waals surface area contributed by atoms with Crippen molar-refractivity contribution in [3.63, 3.8) is 0 Å². The zero-order valence-electron chi connectivity index (χ0n) is 12.5. The minimum absolute atomic E-state index is 0.0108. The number of hydrogen-bond acceptors (Lipinski definition) is 1. The maximum absolute atomic E-state index is 12.8. The number of amides is 1. The van der Waals surface area contributed by atoms with Gasteiger partial charge < -0.3 is 10.3 Å². The summed E-state index contributed by atoms with van der Waals surface area (Å²) in [5.41, 5.74) is 5.30. The summed E-state index contributed by atoms with van der Waals surface area (Å²) in [4.78, 5) is 16.1. The van der Waals surface area contributed by atoms with Crippen molar-refractivity contribution in [2.24, 2.45) is 0 Å². The van der Waals surface area contributed by atoms with Crippen LogP contribution < -0.4 is 5.32 Å². The summed E-state index contributed by atoms with van der Waals surface area (Å²) < 4.78 is 0. The van der Waals surface area contributed by atoms with Gasteiger partial charge in [0.2, 0.25) is 0 Å². The Morgan fingerprint density at radius 2 is 1.91 bits per heavy atom. The van der Waals surface area contributed by atoms with Crippen molar-refractivity contribution < 1.29 is 4.79 Å². The Labute approximate surface area is 129 Å². The van der Waals surface area contributed by atoms with Crippen LogP contribution in [-0.2, 0) is 6.42 Å². The van der Waals surface area contributed by atoms with Crippen molar-refractivity contribution >= 4 is 16.8 Å². The maximum atomic E-state index is 12.8. The fourth-order valence-corrected chi connectivity index (χ4v) is 3.51. The molecular formula is C19H18N2O. The molecule has 110 valence electrons. The van der Waals surface area contributed by atoms with Gasteiger partial charge in [-0.1, -0.05) is 42.5 Å². The number of hydrogen-bond donors (Lipinski definition) is 2. The average Bonchev–Trinajstić information content (AvgIpc) is 3.07. The highest BCUT2D eigenvalue weighted by molar-refractivity contribution is 6.08. The van der Waals surface area contributed by atoms with Gasteiger partial charge in [-0.3, -0.25) is 4.79 Å². The van der Waals surface area contributed by atoms with Crippen LogP contribution in [0.3, 0.4) is 0 Å². The van der Waals surface area contributed by atoms with E-state index in [1.165, 1.54) is 11.1 Å². The summed E-state index contributed by atoms with van der Waals surface area (Å²) in [6.45, 7) is 1.96. The number of aromatic nitrogens is 1. The van der Waals surface area contributed by atoms with E-state index in [9.17, 15) is 4.79 Å².